The van der Waals surface area contributed by atoms with Crippen LogP contribution in [0.1, 0.15) is 51.1 Å². The highest BCUT2D eigenvalue weighted by molar-refractivity contribution is 5.68. The third kappa shape index (κ3) is 2.18. The lowest BCUT2D eigenvalue weighted by molar-refractivity contribution is -0.00918. The maximum atomic E-state index is 6.39. The van der Waals surface area contributed by atoms with E-state index in [-0.39, 0.29) is 0 Å². The lowest BCUT2D eigenvalue weighted by Crippen LogP contribution is -2.53. The van der Waals surface area contributed by atoms with Gasteiger partial charge in [-0.25, -0.2) is 0 Å². The minimum absolute atomic E-state index is 0.359. The quantitative estimate of drug-likeness (QED) is 0.901. The predicted molar refractivity (Wildman–Crippen MR) is 81.1 cm³/mol. The highest BCUT2D eigenvalue weighted by atomic mass is 16.5. The average molecular weight is 278 g/mol. The van der Waals surface area contributed by atoms with E-state index in [1.807, 2.05) is 11.7 Å². The topological polar surface area (TPSA) is 56.3 Å². The number of nitrogens with zero attached hydrogens (tertiary/aromatic N) is 3. The van der Waals surface area contributed by atoms with Gasteiger partial charge in [0.2, 0.25) is 0 Å². The molecule has 20 heavy (non-hydrogen) atoms. The van der Waals surface area contributed by atoms with Crippen LogP contribution in [0.2, 0.25) is 0 Å². The number of hydrogen-bond donors (Lipinski definition) is 1. The Morgan fingerprint density at radius 3 is 2.75 bits per heavy atom. The highest BCUT2D eigenvalue weighted by Crippen LogP contribution is 2.37. The van der Waals surface area contributed by atoms with Crippen molar-refractivity contribution < 1.29 is 4.74 Å². The van der Waals surface area contributed by atoms with Gasteiger partial charge in [-0.15, -0.1) is 0 Å². The Bertz CT molecular complexity index is 480. The molecule has 2 N–H and O–H groups in total. The number of aryl methyl sites for hydroxylation is 1. The number of fused-ring (bicyclic) bond motifs is 1. The highest BCUT2D eigenvalue weighted by Gasteiger charge is 2.36. The molecule has 2 aliphatic rings. The number of rotatable bonds is 2. The summed E-state index contributed by atoms with van der Waals surface area (Å²) < 4.78 is 7.92. The third-order valence-corrected chi connectivity index (χ3v) is 4.63. The van der Waals surface area contributed by atoms with E-state index < -0.39 is 0 Å². The second kappa shape index (κ2) is 5.28. The first kappa shape index (κ1) is 13.7. The fraction of sp³-hybridized carbons (Fsp3) is 0.800. The maximum Gasteiger partial charge on any atom is 0.150 e. The number of ether oxygens (including phenoxy) is 1. The molecule has 3 rings (SSSR count). The summed E-state index contributed by atoms with van der Waals surface area (Å²) in [7, 11) is 2.00. The third-order valence-electron chi connectivity index (χ3n) is 4.63. The molecule has 5 nitrogen and oxygen atoms in total. The van der Waals surface area contributed by atoms with Crippen LogP contribution in [-0.2, 0) is 11.8 Å². The van der Waals surface area contributed by atoms with E-state index >= 15 is 0 Å². The predicted octanol–water partition coefficient (Wildman–Crippen LogP) is 2.27. The fourth-order valence-electron chi connectivity index (χ4n) is 3.68. The first-order valence-corrected chi connectivity index (χ1v) is 7.80. The van der Waals surface area contributed by atoms with Gasteiger partial charge in [0.05, 0.1) is 30.1 Å². The first-order chi connectivity index (χ1) is 9.59. The zero-order valence-electron chi connectivity index (χ0n) is 12.8. The van der Waals surface area contributed by atoms with E-state index in [2.05, 4.69) is 23.8 Å². The molecule has 0 radical (unpaired) electrons. The van der Waals surface area contributed by atoms with Crippen molar-refractivity contribution in [1.82, 2.24) is 9.78 Å². The van der Waals surface area contributed by atoms with Gasteiger partial charge in [0.15, 0.2) is 5.82 Å². The van der Waals surface area contributed by atoms with Gasteiger partial charge in [0, 0.05) is 13.6 Å². The monoisotopic (exact) mass is 278 g/mol. The molecule has 0 spiro atoms. The standard InChI is InChI=1S/C15H26N4O/c1-10(2)14-13(16)15(18(3)17-14)19-8-9-20-12-7-5-4-6-11(12)19/h10-12H,4-9,16H2,1-3H3. The number of aromatic nitrogens is 2. The summed E-state index contributed by atoms with van der Waals surface area (Å²) >= 11 is 0. The van der Waals surface area contributed by atoms with Gasteiger partial charge in [-0.1, -0.05) is 26.7 Å². The second-order valence-corrected chi connectivity index (χ2v) is 6.36. The molecule has 2 unspecified atom stereocenters. The van der Waals surface area contributed by atoms with Crippen LogP contribution in [0.5, 0.6) is 0 Å². The van der Waals surface area contributed by atoms with Gasteiger partial charge in [-0.05, 0) is 18.8 Å². The van der Waals surface area contributed by atoms with E-state index in [0.717, 1.165) is 30.4 Å². The summed E-state index contributed by atoms with van der Waals surface area (Å²) in [6, 6.07) is 0.468. The summed E-state index contributed by atoms with van der Waals surface area (Å²) in [6.45, 7) is 6.00. The molecule has 1 saturated carbocycles. The Labute approximate surface area is 121 Å². The Kier molecular flexibility index (Phi) is 3.63. The van der Waals surface area contributed by atoms with Gasteiger partial charge in [0.1, 0.15) is 0 Å². The van der Waals surface area contributed by atoms with E-state index in [9.17, 15) is 0 Å². The average Bonchev–Trinajstić information content (AvgIpc) is 2.74. The summed E-state index contributed by atoms with van der Waals surface area (Å²) in [5.74, 6) is 1.45. The molecule has 112 valence electrons. The van der Waals surface area contributed by atoms with Crippen LogP contribution < -0.4 is 10.6 Å². The Morgan fingerprint density at radius 1 is 1.30 bits per heavy atom. The molecule has 1 saturated heterocycles. The molecule has 0 bridgehead atoms. The summed E-state index contributed by atoms with van der Waals surface area (Å²) in [4.78, 5) is 2.45. The van der Waals surface area contributed by atoms with E-state index in [1.54, 1.807) is 0 Å². The second-order valence-electron chi connectivity index (χ2n) is 6.36. The zero-order valence-corrected chi connectivity index (χ0v) is 12.8. The van der Waals surface area contributed by atoms with Crippen LogP contribution >= 0.6 is 0 Å². The number of nitrogens with two attached hydrogens (primary N) is 1. The van der Waals surface area contributed by atoms with E-state index in [0.29, 0.717) is 18.1 Å². The molecule has 1 aromatic rings. The lowest BCUT2D eigenvalue weighted by atomic mass is 9.90. The molecule has 5 heteroatoms. The fourth-order valence-corrected chi connectivity index (χ4v) is 3.68. The molecule has 1 aliphatic carbocycles. The van der Waals surface area contributed by atoms with Crippen molar-refractivity contribution in [2.75, 3.05) is 23.8 Å². The van der Waals surface area contributed by atoms with Crippen molar-refractivity contribution in [3.8, 4) is 0 Å². The minimum atomic E-state index is 0.359. The summed E-state index contributed by atoms with van der Waals surface area (Å²) in [5, 5.41) is 4.63. The maximum absolute atomic E-state index is 6.39. The van der Waals surface area contributed by atoms with Crippen molar-refractivity contribution >= 4 is 11.5 Å². The van der Waals surface area contributed by atoms with Crippen molar-refractivity contribution in [3.63, 3.8) is 0 Å². The van der Waals surface area contributed by atoms with Gasteiger partial charge in [-0.2, -0.15) is 5.10 Å². The first-order valence-electron chi connectivity index (χ1n) is 7.80. The summed E-state index contributed by atoms with van der Waals surface area (Å²) in [5.41, 5.74) is 8.26. The summed E-state index contributed by atoms with van der Waals surface area (Å²) in [6.07, 6.45) is 5.32. The number of hydrogen-bond acceptors (Lipinski definition) is 4. The lowest BCUT2D eigenvalue weighted by Gasteiger charge is -2.44. The van der Waals surface area contributed by atoms with Crippen molar-refractivity contribution in [1.29, 1.82) is 0 Å². The molecule has 0 aromatic carbocycles. The minimum Gasteiger partial charge on any atom is -0.394 e. The molecular formula is C15H26N4O. The van der Waals surface area contributed by atoms with Crippen LogP contribution in [-0.4, -0.2) is 35.1 Å². The van der Waals surface area contributed by atoms with Crippen LogP contribution in [0.15, 0.2) is 0 Å². The number of nitrogen functional groups attached to an aromatic ring is 1. The molecule has 2 heterocycles. The molecule has 2 atom stereocenters. The Hall–Kier alpha value is -1.23. The van der Waals surface area contributed by atoms with Crippen molar-refractivity contribution in [2.24, 2.45) is 7.05 Å². The van der Waals surface area contributed by atoms with Gasteiger partial charge >= 0.3 is 0 Å². The van der Waals surface area contributed by atoms with Crippen LogP contribution in [0.4, 0.5) is 11.5 Å². The Balaban J connectivity index is 1.95. The zero-order chi connectivity index (χ0) is 14.3. The van der Waals surface area contributed by atoms with Crippen molar-refractivity contribution in [3.05, 3.63) is 5.69 Å². The molecule has 1 aliphatic heterocycles. The molecular weight excluding hydrogens is 252 g/mol. The Morgan fingerprint density at radius 2 is 2.05 bits per heavy atom. The van der Waals surface area contributed by atoms with Gasteiger partial charge < -0.3 is 15.4 Å². The SMILES string of the molecule is CC(C)c1nn(C)c(N2CCOC3CCCCC32)c1N. The molecule has 2 fully saturated rings. The molecule has 1 aromatic heterocycles. The smallest absolute Gasteiger partial charge is 0.150 e. The normalized spacial score (nSPS) is 26.9. The van der Waals surface area contributed by atoms with E-state index in [4.69, 9.17) is 10.5 Å². The number of anilines is 2. The largest absolute Gasteiger partial charge is 0.394 e. The van der Waals surface area contributed by atoms with Crippen LogP contribution in [0.25, 0.3) is 0 Å². The van der Waals surface area contributed by atoms with Gasteiger partial charge in [0.25, 0.3) is 0 Å². The molecule has 0 amide bonds. The number of morpholine rings is 1. The van der Waals surface area contributed by atoms with Crippen LogP contribution in [0.3, 0.4) is 0 Å². The van der Waals surface area contributed by atoms with E-state index in [1.165, 1.54) is 25.7 Å². The van der Waals surface area contributed by atoms with Crippen LogP contribution in [0, 0.1) is 0 Å². The van der Waals surface area contributed by atoms with Gasteiger partial charge in [-0.3, -0.25) is 4.68 Å². The van der Waals surface area contributed by atoms with Crippen molar-refractivity contribution in [2.45, 2.75) is 57.6 Å².